The highest BCUT2D eigenvalue weighted by molar-refractivity contribution is 14.1. The van der Waals surface area contributed by atoms with Crippen LogP contribution in [0.15, 0.2) is 30.3 Å². The molecule has 0 saturated carbocycles. The van der Waals surface area contributed by atoms with Crippen LogP contribution >= 0.6 is 22.6 Å². The van der Waals surface area contributed by atoms with E-state index in [1.165, 1.54) is 4.90 Å². The molecule has 8 atom stereocenters. The number of cyclic esters (lactones) is 1. The molecule has 4 rings (SSSR count). The fraction of sp³-hybridized carbons (Fsp3) is 0.706. The number of rotatable bonds is 3. The van der Waals surface area contributed by atoms with Crippen molar-refractivity contribution >= 4 is 46.0 Å². The second kappa shape index (κ2) is 15.4. The molecule has 9 heteroatoms. The molecule has 1 N–H and O–H groups in total. The molecule has 0 spiro atoms. The summed E-state index contributed by atoms with van der Waals surface area (Å²) in [5.74, 6) is -5.46. The first-order chi connectivity index (χ1) is 20.5. The highest BCUT2D eigenvalue weighted by Crippen LogP contribution is 2.35. The van der Waals surface area contributed by atoms with Crippen molar-refractivity contribution in [3.63, 3.8) is 0 Å². The molecular weight excluding hydrogens is 661 g/mol. The average Bonchev–Trinajstić information content (AvgIpc) is 3.11. The molecule has 0 aromatic heterocycles. The largest absolute Gasteiger partial charge is 0.460 e. The molecule has 43 heavy (non-hydrogen) atoms. The number of esters is 1. The molecule has 238 valence electrons. The van der Waals surface area contributed by atoms with E-state index in [2.05, 4.69) is 34.7 Å². The molecule has 2 bridgehead atoms. The normalized spacial score (nSPS) is 34.8. The Morgan fingerprint density at radius 1 is 0.930 bits per heavy atom. The van der Waals surface area contributed by atoms with Gasteiger partial charge in [0, 0.05) is 24.8 Å². The number of halogens is 1. The lowest BCUT2D eigenvalue weighted by atomic mass is 9.86. The summed E-state index contributed by atoms with van der Waals surface area (Å²) >= 11 is 2.35. The third-order valence-electron chi connectivity index (χ3n) is 9.58. The number of hydrogen-bond donors (Lipinski definition) is 1. The quantitative estimate of drug-likeness (QED) is 0.189. The van der Waals surface area contributed by atoms with Crippen LogP contribution in [0, 0.1) is 17.8 Å². The average molecular weight is 710 g/mol. The lowest BCUT2D eigenvalue weighted by Crippen LogP contribution is -2.62. The van der Waals surface area contributed by atoms with E-state index in [-0.39, 0.29) is 34.2 Å². The number of fused-ring (bicyclic) bond motifs is 3. The number of piperidine rings is 1. The molecule has 1 aromatic carbocycles. The molecule has 3 saturated heterocycles. The number of aliphatic hydroxyl groups is 1. The Hall–Kier alpha value is -1.85. The summed E-state index contributed by atoms with van der Waals surface area (Å²) in [4.78, 5) is 55.8. The highest BCUT2D eigenvalue weighted by Gasteiger charge is 2.55. The number of ketones is 2. The zero-order chi connectivity index (χ0) is 31.1. The number of carbonyl (C=O) groups excluding carboxylic acids is 4. The van der Waals surface area contributed by atoms with Crippen molar-refractivity contribution in [2.24, 2.45) is 17.8 Å². The first-order valence-electron chi connectivity index (χ1n) is 16.2. The lowest BCUT2D eigenvalue weighted by molar-refractivity contribution is -0.234. The van der Waals surface area contributed by atoms with Crippen molar-refractivity contribution in [3.05, 3.63) is 35.9 Å². The van der Waals surface area contributed by atoms with Crippen LogP contribution in [0.25, 0.3) is 0 Å². The monoisotopic (exact) mass is 709 g/mol. The highest BCUT2D eigenvalue weighted by atomic mass is 127. The second-order valence-electron chi connectivity index (χ2n) is 13.0. The van der Waals surface area contributed by atoms with Crippen LogP contribution in [0.5, 0.6) is 0 Å². The molecule has 3 aliphatic heterocycles. The Labute approximate surface area is 269 Å². The van der Waals surface area contributed by atoms with Crippen LogP contribution in [0.4, 0.5) is 0 Å². The number of carbonyl (C=O) groups is 4. The van der Waals surface area contributed by atoms with Gasteiger partial charge in [-0.2, -0.15) is 0 Å². The van der Waals surface area contributed by atoms with Crippen LogP contribution in [0.3, 0.4) is 0 Å². The van der Waals surface area contributed by atoms with Gasteiger partial charge in [-0.15, -0.1) is 0 Å². The van der Waals surface area contributed by atoms with Crippen LogP contribution in [-0.2, 0) is 35.1 Å². The molecule has 1 aromatic rings. The summed E-state index contributed by atoms with van der Waals surface area (Å²) < 4.78 is 12.3. The Kier molecular flexibility index (Phi) is 12.2. The number of alkyl halides is 1. The third-order valence-corrected chi connectivity index (χ3v) is 10.8. The molecule has 1 amide bonds. The Bertz CT molecular complexity index is 1130. The van der Waals surface area contributed by atoms with Gasteiger partial charge in [0.15, 0.2) is 0 Å². The van der Waals surface area contributed by atoms with Gasteiger partial charge < -0.3 is 19.5 Å². The van der Waals surface area contributed by atoms with Crippen LogP contribution < -0.4 is 0 Å². The summed E-state index contributed by atoms with van der Waals surface area (Å²) in [6, 6.07) is 9.18. The molecule has 8 unspecified atom stereocenters. The molecular formula is C34H48INO7. The number of hydrogen-bond acceptors (Lipinski definition) is 7. The van der Waals surface area contributed by atoms with Crippen molar-refractivity contribution in [2.45, 2.75) is 126 Å². The van der Waals surface area contributed by atoms with E-state index in [9.17, 15) is 24.3 Å². The fourth-order valence-electron chi connectivity index (χ4n) is 6.81. The van der Waals surface area contributed by atoms with Crippen LogP contribution in [0.2, 0.25) is 0 Å². The van der Waals surface area contributed by atoms with Gasteiger partial charge in [-0.05, 0) is 75.7 Å². The molecule has 8 nitrogen and oxygen atoms in total. The van der Waals surface area contributed by atoms with E-state index in [1.54, 1.807) is 6.92 Å². The summed E-state index contributed by atoms with van der Waals surface area (Å²) in [6.45, 7) is 5.82. The second-order valence-corrected chi connectivity index (χ2v) is 14.6. The summed E-state index contributed by atoms with van der Waals surface area (Å²) in [6.07, 6.45) is 6.67. The van der Waals surface area contributed by atoms with Crippen LogP contribution in [0.1, 0.15) is 97.0 Å². The smallest absolute Gasteiger partial charge is 0.329 e. The van der Waals surface area contributed by atoms with Gasteiger partial charge >= 0.3 is 11.8 Å². The minimum Gasteiger partial charge on any atom is -0.460 e. The Balaban J connectivity index is 1.64. The fourth-order valence-corrected chi connectivity index (χ4v) is 7.82. The summed E-state index contributed by atoms with van der Waals surface area (Å²) in [5.41, 5.74) is 1.15. The molecule has 0 aliphatic carbocycles. The van der Waals surface area contributed by atoms with E-state index < -0.39 is 41.5 Å². The van der Waals surface area contributed by atoms with Crippen molar-refractivity contribution in [3.8, 4) is 0 Å². The number of nitrogens with zero attached hydrogens (tertiary/aromatic N) is 1. The van der Waals surface area contributed by atoms with Gasteiger partial charge in [-0.25, -0.2) is 4.79 Å². The number of amides is 1. The predicted molar refractivity (Wildman–Crippen MR) is 171 cm³/mol. The van der Waals surface area contributed by atoms with Gasteiger partial charge in [0.25, 0.3) is 5.91 Å². The SMILES string of the molecule is CC1CC(C)C2CCC(C)C(=O)C(O)(O2)C(=O)N2CCCCC2C(=O)OC(C(I)Cc2ccccc2)CCCCCC1=O. The first kappa shape index (κ1) is 34.0. The van der Waals surface area contributed by atoms with E-state index >= 15 is 0 Å². The van der Waals surface area contributed by atoms with E-state index in [4.69, 9.17) is 9.47 Å². The molecule has 3 heterocycles. The van der Waals surface area contributed by atoms with Gasteiger partial charge in [-0.3, -0.25) is 14.4 Å². The van der Waals surface area contributed by atoms with Crippen LogP contribution in [-0.4, -0.2) is 68.0 Å². The van der Waals surface area contributed by atoms with E-state index in [0.717, 1.165) is 37.7 Å². The molecule has 0 radical (unpaired) electrons. The number of Topliss-reactive ketones (excluding diaryl/α,β-unsaturated/α-hetero) is 2. The number of benzene rings is 1. The summed E-state index contributed by atoms with van der Waals surface area (Å²) in [5, 5.41) is 11.8. The maximum absolute atomic E-state index is 14.1. The van der Waals surface area contributed by atoms with E-state index in [0.29, 0.717) is 44.9 Å². The maximum Gasteiger partial charge on any atom is 0.329 e. The topological polar surface area (TPSA) is 110 Å². The third kappa shape index (κ3) is 8.45. The first-order valence-corrected chi connectivity index (χ1v) is 17.4. The van der Waals surface area contributed by atoms with Gasteiger partial charge in [-0.1, -0.05) is 80.1 Å². The lowest BCUT2D eigenvalue weighted by Gasteiger charge is -2.40. The van der Waals surface area contributed by atoms with Gasteiger partial charge in [0.1, 0.15) is 17.9 Å². The molecule has 3 fully saturated rings. The minimum atomic E-state index is -2.68. The predicted octanol–water partition coefficient (Wildman–Crippen LogP) is 5.59. The van der Waals surface area contributed by atoms with Gasteiger partial charge in [0.2, 0.25) is 5.78 Å². The summed E-state index contributed by atoms with van der Waals surface area (Å²) in [7, 11) is 0. The zero-order valence-electron chi connectivity index (χ0n) is 25.8. The number of ether oxygens (including phenoxy) is 2. The Morgan fingerprint density at radius 3 is 2.40 bits per heavy atom. The van der Waals surface area contributed by atoms with E-state index in [1.807, 2.05) is 32.0 Å². The van der Waals surface area contributed by atoms with Crippen molar-refractivity contribution < 1.29 is 33.8 Å². The Morgan fingerprint density at radius 2 is 1.65 bits per heavy atom. The van der Waals surface area contributed by atoms with Gasteiger partial charge in [0.05, 0.1) is 10.0 Å². The van der Waals surface area contributed by atoms with Crippen molar-refractivity contribution in [1.29, 1.82) is 0 Å². The standard InChI is InChI=1S/C34H48INO7/c1-22-17-18-29-24(3)20-23(2)28(37)15-8-5-9-16-30(26(35)21-25-12-6-4-7-13-25)42-32(39)27-14-10-11-19-36(27)33(40)34(41,43-29)31(22)38/h4,6-7,12-13,22-24,26-27,29-30,41H,5,8-11,14-21H2,1-3H3. The maximum atomic E-state index is 14.1. The zero-order valence-corrected chi connectivity index (χ0v) is 28.0. The van der Waals surface area contributed by atoms with Crippen molar-refractivity contribution in [2.75, 3.05) is 6.54 Å². The minimum absolute atomic E-state index is 0.00277. The van der Waals surface area contributed by atoms with Crippen molar-refractivity contribution in [1.82, 2.24) is 4.90 Å². The molecule has 3 aliphatic rings.